The molecule has 7 heteroatoms. The molecule has 0 radical (unpaired) electrons. The quantitative estimate of drug-likeness (QED) is 0.827. The summed E-state index contributed by atoms with van der Waals surface area (Å²) in [5.74, 6) is 0.561. The summed E-state index contributed by atoms with van der Waals surface area (Å²) in [5, 5.41) is 3.53. The number of amides is 1. The molecule has 1 aliphatic heterocycles. The van der Waals surface area contributed by atoms with Crippen LogP contribution < -0.4 is 10.2 Å². The number of benzene rings is 2. The summed E-state index contributed by atoms with van der Waals surface area (Å²) >= 11 is 1.35. The normalized spacial score (nSPS) is 13.8. The third-order valence-corrected chi connectivity index (χ3v) is 4.85. The van der Waals surface area contributed by atoms with Crippen LogP contribution in [-0.2, 0) is 4.79 Å². The molecule has 1 aliphatic rings. The van der Waals surface area contributed by atoms with E-state index < -0.39 is 0 Å². The molecule has 0 saturated carbocycles. The summed E-state index contributed by atoms with van der Waals surface area (Å²) in [4.78, 5) is 23.1. The lowest BCUT2D eigenvalue weighted by Crippen LogP contribution is -2.35. The first kappa shape index (κ1) is 19.1. The lowest BCUT2D eigenvalue weighted by molar-refractivity contribution is -0.118. The predicted molar refractivity (Wildman–Crippen MR) is 110 cm³/mol. The van der Waals surface area contributed by atoms with Gasteiger partial charge in [0.05, 0.1) is 5.75 Å². The molecule has 0 spiro atoms. The molecular formula is C20H21FN4OS. The Bertz CT molecular complexity index is 837. The summed E-state index contributed by atoms with van der Waals surface area (Å²) in [6.07, 6.45) is 0.893. The van der Waals surface area contributed by atoms with E-state index in [-0.39, 0.29) is 17.5 Å². The van der Waals surface area contributed by atoms with E-state index in [0.717, 1.165) is 17.7 Å². The van der Waals surface area contributed by atoms with Crippen LogP contribution in [-0.4, -0.2) is 35.9 Å². The van der Waals surface area contributed by atoms with Crippen LogP contribution in [0.4, 0.5) is 10.1 Å². The predicted octanol–water partition coefficient (Wildman–Crippen LogP) is 3.67. The molecule has 0 atom stereocenters. The second kappa shape index (κ2) is 9.32. The molecule has 1 N–H and O–H groups in total. The smallest absolute Gasteiger partial charge is 0.230 e. The van der Waals surface area contributed by atoms with Crippen molar-refractivity contribution in [2.45, 2.75) is 13.3 Å². The first-order chi connectivity index (χ1) is 13.2. The maximum Gasteiger partial charge on any atom is 0.230 e. The number of thioether (sulfide) groups is 1. The molecule has 2 aromatic carbocycles. The monoisotopic (exact) mass is 384 g/mol. The van der Waals surface area contributed by atoms with Crippen LogP contribution in [0, 0.1) is 5.82 Å². The van der Waals surface area contributed by atoms with Gasteiger partial charge < -0.3 is 10.2 Å². The van der Waals surface area contributed by atoms with Crippen molar-refractivity contribution in [2.75, 3.05) is 23.9 Å². The molecule has 3 rings (SSSR count). The maximum atomic E-state index is 13.3. The molecule has 5 nitrogen and oxygen atoms in total. The number of carbonyl (C=O) groups excluding carboxylic acids is 1. The van der Waals surface area contributed by atoms with Gasteiger partial charge in [-0.05, 0) is 30.7 Å². The Morgan fingerprint density at radius 2 is 1.93 bits per heavy atom. The Labute approximate surface area is 162 Å². The highest BCUT2D eigenvalue weighted by Gasteiger charge is 2.21. The average molecular weight is 384 g/mol. The zero-order valence-electron chi connectivity index (χ0n) is 15.1. The molecule has 27 heavy (non-hydrogen) atoms. The molecule has 0 fully saturated rings. The van der Waals surface area contributed by atoms with Crippen molar-refractivity contribution in [2.24, 2.45) is 9.98 Å². The molecule has 2 aromatic rings. The first-order valence-corrected chi connectivity index (χ1v) is 9.77. The lowest BCUT2D eigenvalue weighted by atomic mass is 10.2. The van der Waals surface area contributed by atoms with Gasteiger partial charge in [0.1, 0.15) is 12.5 Å². The van der Waals surface area contributed by atoms with Gasteiger partial charge in [-0.1, -0.05) is 49.0 Å². The standard InChI is InChI=1S/C20H21FN4OS/c1-2-12-22-18(26)13-27-20-24-19(15-6-4-3-5-7-15)23-14-25(20)17-10-8-16(21)9-11-17/h3-11H,2,12-14H2,1H3,(H,22,26). The highest BCUT2D eigenvalue weighted by atomic mass is 32.2. The maximum absolute atomic E-state index is 13.3. The van der Waals surface area contributed by atoms with Gasteiger partial charge >= 0.3 is 0 Å². The third-order valence-electron chi connectivity index (χ3n) is 3.87. The Kier molecular flexibility index (Phi) is 6.59. The van der Waals surface area contributed by atoms with Gasteiger partial charge in [-0.2, -0.15) is 0 Å². The van der Waals surface area contributed by atoms with Crippen LogP contribution in [0.5, 0.6) is 0 Å². The molecule has 1 heterocycles. The first-order valence-electron chi connectivity index (χ1n) is 8.78. The molecule has 0 aromatic heterocycles. The van der Waals surface area contributed by atoms with E-state index in [1.54, 1.807) is 12.1 Å². The van der Waals surface area contributed by atoms with Crippen molar-refractivity contribution in [1.82, 2.24) is 5.32 Å². The SMILES string of the molecule is CCCNC(=O)CSC1=NC(c2ccccc2)=NCN1c1ccc(F)cc1. The highest BCUT2D eigenvalue weighted by Crippen LogP contribution is 2.23. The molecule has 0 aliphatic carbocycles. The Morgan fingerprint density at radius 3 is 2.63 bits per heavy atom. The number of halogens is 1. The third kappa shape index (κ3) is 5.17. The van der Waals surface area contributed by atoms with E-state index in [1.165, 1.54) is 23.9 Å². The number of hydrogen-bond donors (Lipinski definition) is 1. The Balaban J connectivity index is 1.81. The minimum Gasteiger partial charge on any atom is -0.355 e. The molecule has 140 valence electrons. The van der Waals surface area contributed by atoms with Crippen molar-refractivity contribution in [3.8, 4) is 0 Å². The van der Waals surface area contributed by atoms with E-state index in [0.29, 0.717) is 24.2 Å². The van der Waals surface area contributed by atoms with Crippen LogP contribution in [0.15, 0.2) is 64.6 Å². The van der Waals surface area contributed by atoms with Crippen LogP contribution in [0.1, 0.15) is 18.9 Å². The number of carbonyl (C=O) groups is 1. The largest absolute Gasteiger partial charge is 0.355 e. The zero-order valence-corrected chi connectivity index (χ0v) is 15.9. The zero-order chi connectivity index (χ0) is 19.1. The summed E-state index contributed by atoms with van der Waals surface area (Å²) in [5.41, 5.74) is 1.71. The van der Waals surface area contributed by atoms with Gasteiger partial charge in [0.2, 0.25) is 5.91 Å². The topological polar surface area (TPSA) is 57.1 Å². The van der Waals surface area contributed by atoms with Crippen molar-refractivity contribution < 1.29 is 9.18 Å². The van der Waals surface area contributed by atoms with Crippen LogP contribution in [0.25, 0.3) is 0 Å². The van der Waals surface area contributed by atoms with E-state index >= 15 is 0 Å². The van der Waals surface area contributed by atoms with Crippen LogP contribution in [0.2, 0.25) is 0 Å². The fourth-order valence-corrected chi connectivity index (χ4v) is 3.33. The Morgan fingerprint density at radius 1 is 1.19 bits per heavy atom. The van der Waals surface area contributed by atoms with Gasteiger partial charge in [0.25, 0.3) is 0 Å². The number of amidine groups is 2. The number of anilines is 1. The lowest BCUT2D eigenvalue weighted by Gasteiger charge is -2.27. The van der Waals surface area contributed by atoms with Crippen LogP contribution >= 0.6 is 11.8 Å². The van der Waals surface area contributed by atoms with E-state index in [4.69, 9.17) is 0 Å². The van der Waals surface area contributed by atoms with Gasteiger partial charge in [-0.15, -0.1) is 0 Å². The minimum absolute atomic E-state index is 0.0348. The van der Waals surface area contributed by atoms with Gasteiger partial charge in [-0.25, -0.2) is 14.4 Å². The minimum atomic E-state index is -0.297. The van der Waals surface area contributed by atoms with Gasteiger partial charge in [0, 0.05) is 17.8 Å². The molecule has 0 saturated heterocycles. The number of rotatable bonds is 6. The number of nitrogens with zero attached hydrogens (tertiary/aromatic N) is 3. The number of aliphatic imine (C=N–C) groups is 2. The fraction of sp³-hybridized carbons (Fsp3) is 0.250. The summed E-state index contributed by atoms with van der Waals surface area (Å²) < 4.78 is 13.3. The van der Waals surface area contributed by atoms with Gasteiger partial charge in [-0.3, -0.25) is 4.79 Å². The van der Waals surface area contributed by atoms with Crippen molar-refractivity contribution in [3.05, 3.63) is 66.0 Å². The van der Waals surface area contributed by atoms with Crippen molar-refractivity contribution in [3.63, 3.8) is 0 Å². The molecule has 0 bridgehead atoms. The van der Waals surface area contributed by atoms with E-state index in [2.05, 4.69) is 15.3 Å². The molecular weight excluding hydrogens is 363 g/mol. The second-order valence-corrected chi connectivity index (χ2v) is 6.87. The van der Waals surface area contributed by atoms with E-state index in [1.807, 2.05) is 42.2 Å². The summed E-state index contributed by atoms with van der Waals surface area (Å²) in [6, 6.07) is 15.9. The molecule has 1 amide bonds. The summed E-state index contributed by atoms with van der Waals surface area (Å²) in [7, 11) is 0. The van der Waals surface area contributed by atoms with Crippen LogP contribution in [0.3, 0.4) is 0 Å². The average Bonchev–Trinajstić information content (AvgIpc) is 2.72. The van der Waals surface area contributed by atoms with E-state index in [9.17, 15) is 9.18 Å². The Hall–Kier alpha value is -2.67. The number of nitrogens with one attached hydrogen (secondary N) is 1. The van der Waals surface area contributed by atoms with Gasteiger partial charge in [0.15, 0.2) is 11.0 Å². The van der Waals surface area contributed by atoms with Crippen molar-refractivity contribution >= 4 is 34.4 Å². The summed E-state index contributed by atoms with van der Waals surface area (Å²) in [6.45, 7) is 3.03. The molecule has 0 unspecified atom stereocenters. The van der Waals surface area contributed by atoms with Crippen molar-refractivity contribution in [1.29, 1.82) is 0 Å². The highest BCUT2D eigenvalue weighted by molar-refractivity contribution is 8.14. The second-order valence-electron chi connectivity index (χ2n) is 5.93. The number of hydrogen-bond acceptors (Lipinski definition) is 5. The fourth-order valence-electron chi connectivity index (χ4n) is 2.50.